The van der Waals surface area contributed by atoms with Gasteiger partial charge in [0.05, 0.1) is 17.5 Å². The Balaban J connectivity index is 1.43. The van der Waals surface area contributed by atoms with Crippen molar-refractivity contribution >= 4 is 5.91 Å². The van der Waals surface area contributed by atoms with Crippen LogP contribution in [0.4, 0.5) is 4.39 Å². The van der Waals surface area contributed by atoms with Crippen molar-refractivity contribution in [1.82, 2.24) is 30.5 Å². The number of nitrogens with zero attached hydrogens (tertiary/aromatic N) is 3. The summed E-state index contributed by atoms with van der Waals surface area (Å²) >= 11 is 0. The number of carbonyl (C=O) groups is 1. The topological polar surface area (TPSA) is 75.9 Å². The van der Waals surface area contributed by atoms with Crippen molar-refractivity contribution < 1.29 is 9.18 Å². The van der Waals surface area contributed by atoms with Crippen molar-refractivity contribution in [3.8, 4) is 11.5 Å². The summed E-state index contributed by atoms with van der Waals surface area (Å²) in [6.45, 7) is 3.87. The second kappa shape index (κ2) is 8.65. The largest absolute Gasteiger partial charge is 0.335 e. The summed E-state index contributed by atoms with van der Waals surface area (Å²) in [5.41, 5.74) is 10.2. The molecule has 1 saturated heterocycles. The summed E-state index contributed by atoms with van der Waals surface area (Å²) in [6.07, 6.45) is 4.06. The van der Waals surface area contributed by atoms with E-state index in [9.17, 15) is 9.18 Å². The number of rotatable bonds is 5. The molecule has 0 saturated carbocycles. The fraction of sp³-hybridized carbons (Fsp3) is 0.200. The van der Waals surface area contributed by atoms with Gasteiger partial charge in [-0.2, -0.15) is 5.10 Å². The molecule has 0 bridgehead atoms. The molecule has 33 heavy (non-hydrogen) atoms. The van der Waals surface area contributed by atoms with E-state index in [0.29, 0.717) is 23.5 Å². The molecule has 1 aliphatic heterocycles. The van der Waals surface area contributed by atoms with Crippen molar-refractivity contribution in [2.24, 2.45) is 0 Å². The van der Waals surface area contributed by atoms with Crippen molar-refractivity contribution in [2.45, 2.75) is 32.5 Å². The Hall–Kier alpha value is -3.75. The molecule has 168 valence electrons. The minimum Gasteiger partial charge on any atom is -0.335 e. The molecular weight excluding hydrogens is 419 g/mol. The first-order chi connectivity index (χ1) is 16.0. The predicted octanol–water partition coefficient (Wildman–Crippen LogP) is 3.71. The summed E-state index contributed by atoms with van der Waals surface area (Å²) in [7, 11) is 0. The first-order valence-electron chi connectivity index (χ1n) is 10.9. The number of carbonyl (C=O) groups excluding carboxylic acids is 1. The van der Waals surface area contributed by atoms with Crippen molar-refractivity contribution in [3.63, 3.8) is 0 Å². The average molecular weight is 445 g/mol. The lowest BCUT2D eigenvalue weighted by molar-refractivity contribution is 0.0931. The van der Waals surface area contributed by atoms with Gasteiger partial charge in [0.1, 0.15) is 11.4 Å². The van der Waals surface area contributed by atoms with Crippen molar-refractivity contribution in [3.05, 3.63) is 101 Å². The van der Waals surface area contributed by atoms with E-state index < -0.39 is 0 Å². The molecule has 0 radical (unpaired) electrons. The van der Waals surface area contributed by atoms with Crippen molar-refractivity contribution in [1.29, 1.82) is 0 Å². The van der Waals surface area contributed by atoms with Crippen LogP contribution in [0.5, 0.6) is 0 Å². The highest BCUT2D eigenvalue weighted by atomic mass is 19.1. The van der Waals surface area contributed by atoms with E-state index in [1.165, 1.54) is 12.1 Å². The van der Waals surface area contributed by atoms with Gasteiger partial charge < -0.3 is 9.88 Å². The maximum Gasteiger partial charge on any atom is 0.258 e. The normalized spacial score (nSPS) is 17.9. The summed E-state index contributed by atoms with van der Waals surface area (Å²) in [4.78, 5) is 13.4. The molecule has 0 aliphatic carbocycles. The molecule has 8 heteroatoms. The van der Waals surface area contributed by atoms with Gasteiger partial charge in [-0.15, -0.1) is 0 Å². The van der Waals surface area contributed by atoms with Gasteiger partial charge in [0.15, 0.2) is 5.82 Å². The van der Waals surface area contributed by atoms with Crippen LogP contribution < -0.4 is 16.2 Å². The van der Waals surface area contributed by atoms with E-state index in [-0.39, 0.29) is 23.9 Å². The standard InChI is InChI=1S/C25H25FN6O/c1-16-8-10-20(11-9-16)32-25(31-12-3-4-13-31)23(17(2)30-32)24(33)27-22-15-21(28-29-22)18-6-5-7-19(26)14-18/h3-14,21-22,28-29H,15H2,1-2H3,(H,27,33). The molecule has 5 rings (SSSR count). The van der Waals surface area contributed by atoms with Gasteiger partial charge in [-0.1, -0.05) is 29.8 Å². The second-order valence-corrected chi connectivity index (χ2v) is 8.28. The fourth-order valence-corrected chi connectivity index (χ4v) is 4.18. The van der Waals surface area contributed by atoms with Gasteiger partial charge >= 0.3 is 0 Å². The Morgan fingerprint density at radius 2 is 1.82 bits per heavy atom. The quantitative estimate of drug-likeness (QED) is 0.439. The smallest absolute Gasteiger partial charge is 0.258 e. The van der Waals surface area contributed by atoms with Crippen LogP contribution in [0.15, 0.2) is 73.1 Å². The molecule has 2 aromatic heterocycles. The third kappa shape index (κ3) is 4.18. The van der Waals surface area contributed by atoms with E-state index in [4.69, 9.17) is 5.10 Å². The van der Waals surface area contributed by atoms with E-state index >= 15 is 0 Å². The molecule has 3 heterocycles. The summed E-state index contributed by atoms with van der Waals surface area (Å²) in [5.74, 6) is 0.164. The monoisotopic (exact) mass is 444 g/mol. The lowest BCUT2D eigenvalue weighted by atomic mass is 10.0. The van der Waals surface area contributed by atoms with E-state index in [0.717, 1.165) is 16.8 Å². The highest BCUT2D eigenvalue weighted by molar-refractivity contribution is 5.98. The molecule has 1 aliphatic rings. The number of hydrazine groups is 1. The molecule has 4 aromatic rings. The van der Waals surface area contributed by atoms with Crippen LogP contribution >= 0.6 is 0 Å². The number of hydrogen-bond acceptors (Lipinski definition) is 4. The van der Waals surface area contributed by atoms with Crippen LogP contribution in [0, 0.1) is 19.7 Å². The average Bonchev–Trinajstić information content (AvgIpc) is 3.54. The van der Waals surface area contributed by atoms with Gasteiger partial charge in [0.25, 0.3) is 5.91 Å². The van der Waals surface area contributed by atoms with Gasteiger partial charge in [-0.3, -0.25) is 4.79 Å². The van der Waals surface area contributed by atoms with Crippen LogP contribution in [0.3, 0.4) is 0 Å². The number of amides is 1. The van der Waals surface area contributed by atoms with Gasteiger partial charge in [-0.25, -0.2) is 19.9 Å². The lowest BCUT2D eigenvalue weighted by Gasteiger charge is -2.14. The zero-order valence-electron chi connectivity index (χ0n) is 18.4. The Morgan fingerprint density at radius 3 is 2.55 bits per heavy atom. The summed E-state index contributed by atoms with van der Waals surface area (Å²) in [5, 5.41) is 7.75. The van der Waals surface area contributed by atoms with Crippen LogP contribution in [0.1, 0.15) is 39.6 Å². The Labute approximate surface area is 191 Å². The van der Waals surface area contributed by atoms with Crippen LogP contribution in [-0.4, -0.2) is 26.4 Å². The summed E-state index contributed by atoms with van der Waals surface area (Å²) < 4.78 is 17.3. The molecular formula is C25H25FN6O. The maximum atomic E-state index is 13.6. The fourth-order valence-electron chi connectivity index (χ4n) is 4.18. The number of aryl methyl sites for hydroxylation is 2. The number of hydrogen-bond donors (Lipinski definition) is 3. The number of benzene rings is 2. The number of halogens is 1. The molecule has 2 atom stereocenters. The Morgan fingerprint density at radius 1 is 1.06 bits per heavy atom. The van der Waals surface area contributed by atoms with Gasteiger partial charge in [-0.05, 0) is 55.8 Å². The molecule has 2 unspecified atom stereocenters. The molecule has 1 amide bonds. The number of aromatic nitrogens is 3. The highest BCUT2D eigenvalue weighted by Crippen LogP contribution is 2.25. The first-order valence-corrected chi connectivity index (χ1v) is 10.9. The Kier molecular flexibility index (Phi) is 5.53. The zero-order valence-corrected chi connectivity index (χ0v) is 18.4. The highest BCUT2D eigenvalue weighted by Gasteiger charge is 2.30. The second-order valence-electron chi connectivity index (χ2n) is 8.28. The zero-order chi connectivity index (χ0) is 22.9. The van der Waals surface area contributed by atoms with Gasteiger partial charge in [0.2, 0.25) is 0 Å². The predicted molar refractivity (Wildman–Crippen MR) is 124 cm³/mol. The number of nitrogens with one attached hydrogen (secondary N) is 3. The van der Waals surface area contributed by atoms with Crippen LogP contribution in [0.2, 0.25) is 0 Å². The van der Waals surface area contributed by atoms with E-state index in [2.05, 4.69) is 16.2 Å². The molecule has 0 spiro atoms. The van der Waals surface area contributed by atoms with Crippen molar-refractivity contribution in [2.75, 3.05) is 0 Å². The summed E-state index contributed by atoms with van der Waals surface area (Å²) in [6, 6.07) is 18.2. The first kappa shape index (κ1) is 21.1. The van der Waals surface area contributed by atoms with Crippen LogP contribution in [0.25, 0.3) is 11.5 Å². The molecule has 7 nitrogen and oxygen atoms in total. The molecule has 1 fully saturated rings. The molecule has 2 aromatic carbocycles. The third-order valence-corrected chi connectivity index (χ3v) is 5.85. The Bertz CT molecular complexity index is 1280. The maximum absolute atomic E-state index is 13.6. The third-order valence-electron chi connectivity index (χ3n) is 5.85. The lowest BCUT2D eigenvalue weighted by Crippen LogP contribution is -2.44. The van der Waals surface area contributed by atoms with E-state index in [1.54, 1.807) is 10.7 Å². The SMILES string of the molecule is Cc1ccc(-n2nc(C)c(C(=O)NC3CC(c4cccc(F)c4)NN3)c2-n2cccc2)cc1. The van der Waals surface area contributed by atoms with E-state index in [1.807, 2.05) is 73.3 Å². The molecule has 3 N–H and O–H groups in total. The van der Waals surface area contributed by atoms with Gasteiger partial charge in [0, 0.05) is 24.9 Å². The minimum absolute atomic E-state index is 0.105. The minimum atomic E-state index is -0.314. The van der Waals surface area contributed by atoms with Crippen LogP contribution in [-0.2, 0) is 0 Å².